The van der Waals surface area contributed by atoms with E-state index in [1.165, 1.54) is 35.0 Å². The Morgan fingerprint density at radius 2 is 1.62 bits per heavy atom. The monoisotopic (exact) mass is 457 g/mol. The van der Waals surface area contributed by atoms with Gasteiger partial charge in [-0.25, -0.2) is 4.39 Å². The quantitative estimate of drug-likeness (QED) is 0.321. The normalized spacial score (nSPS) is 12.5. The van der Waals surface area contributed by atoms with Gasteiger partial charge in [-0.1, -0.05) is 30.3 Å². The minimum atomic E-state index is -0.363. The number of anilines is 3. The summed E-state index contributed by atoms with van der Waals surface area (Å²) in [5.41, 5.74) is 3.60. The molecule has 0 aliphatic carbocycles. The number of benzene rings is 4. The molecule has 0 aromatic heterocycles. The lowest BCUT2D eigenvalue weighted by Crippen LogP contribution is -2.24. The largest absolute Gasteiger partial charge is 0.490 e. The number of rotatable bonds is 7. The van der Waals surface area contributed by atoms with Crippen molar-refractivity contribution in [3.05, 3.63) is 90.2 Å². The van der Waals surface area contributed by atoms with E-state index in [1.54, 1.807) is 6.07 Å². The summed E-state index contributed by atoms with van der Waals surface area (Å²) in [6.45, 7) is 2.15. The molecular formula is C27H24FN3O3. The van der Waals surface area contributed by atoms with Crippen LogP contribution in [0.15, 0.2) is 78.9 Å². The van der Waals surface area contributed by atoms with E-state index in [0.29, 0.717) is 23.8 Å². The summed E-state index contributed by atoms with van der Waals surface area (Å²) in [5, 5.41) is 12.1. The maximum Gasteiger partial charge on any atom is 0.262 e. The topological polar surface area (TPSA) is 71.6 Å². The van der Waals surface area contributed by atoms with E-state index >= 15 is 0 Å². The van der Waals surface area contributed by atoms with Gasteiger partial charge in [-0.05, 0) is 66.4 Å². The Labute approximate surface area is 196 Å². The van der Waals surface area contributed by atoms with Gasteiger partial charge in [0.15, 0.2) is 18.1 Å². The Bertz CT molecular complexity index is 1300. The zero-order chi connectivity index (χ0) is 23.5. The van der Waals surface area contributed by atoms with Crippen molar-refractivity contribution in [2.24, 2.45) is 0 Å². The molecule has 34 heavy (non-hydrogen) atoms. The van der Waals surface area contributed by atoms with Crippen LogP contribution in [0.4, 0.5) is 21.5 Å². The first-order valence-corrected chi connectivity index (χ1v) is 11.1. The minimum Gasteiger partial charge on any atom is -0.490 e. The van der Waals surface area contributed by atoms with E-state index in [0.717, 1.165) is 16.9 Å². The van der Waals surface area contributed by atoms with Crippen LogP contribution < -0.4 is 25.4 Å². The summed E-state index contributed by atoms with van der Waals surface area (Å²) in [6.07, 6.45) is -0.157. The fourth-order valence-corrected chi connectivity index (χ4v) is 4.06. The number of amides is 1. The molecule has 3 N–H and O–H groups in total. The molecule has 4 aromatic rings. The molecule has 0 fully saturated rings. The van der Waals surface area contributed by atoms with E-state index < -0.39 is 0 Å². The highest BCUT2D eigenvalue weighted by Crippen LogP contribution is 2.40. The maximum atomic E-state index is 13.0. The fraction of sp³-hybridized carbons (Fsp3) is 0.148. The molecule has 172 valence electrons. The van der Waals surface area contributed by atoms with Gasteiger partial charge in [0.2, 0.25) is 0 Å². The molecule has 1 aliphatic heterocycles. The van der Waals surface area contributed by atoms with Crippen LogP contribution in [-0.4, -0.2) is 19.1 Å². The number of carbonyl (C=O) groups is 1. The Hall–Kier alpha value is -4.26. The number of hydrogen-bond acceptors (Lipinski definition) is 5. The third-order valence-corrected chi connectivity index (χ3v) is 5.59. The van der Waals surface area contributed by atoms with E-state index in [-0.39, 0.29) is 24.5 Å². The fourth-order valence-electron chi connectivity index (χ4n) is 4.06. The molecule has 6 nitrogen and oxygen atoms in total. The molecule has 0 spiro atoms. The van der Waals surface area contributed by atoms with Crippen LogP contribution in [0.5, 0.6) is 11.5 Å². The van der Waals surface area contributed by atoms with Gasteiger partial charge in [0, 0.05) is 22.4 Å². The van der Waals surface area contributed by atoms with Crippen molar-refractivity contribution in [3.8, 4) is 11.5 Å². The summed E-state index contributed by atoms with van der Waals surface area (Å²) >= 11 is 0. The highest BCUT2D eigenvalue weighted by Gasteiger charge is 2.21. The third-order valence-electron chi connectivity index (χ3n) is 5.59. The van der Waals surface area contributed by atoms with Gasteiger partial charge in [-0.15, -0.1) is 0 Å². The predicted molar refractivity (Wildman–Crippen MR) is 132 cm³/mol. The lowest BCUT2D eigenvalue weighted by atomic mass is 10.0. The Morgan fingerprint density at radius 1 is 0.912 bits per heavy atom. The molecule has 1 amide bonds. The summed E-state index contributed by atoms with van der Waals surface area (Å²) < 4.78 is 24.6. The van der Waals surface area contributed by atoms with Gasteiger partial charge in [-0.2, -0.15) is 0 Å². The van der Waals surface area contributed by atoms with Crippen molar-refractivity contribution in [2.45, 2.75) is 13.1 Å². The van der Waals surface area contributed by atoms with E-state index in [1.807, 2.05) is 31.2 Å². The lowest BCUT2D eigenvalue weighted by Gasteiger charge is -2.30. The molecular weight excluding hydrogens is 433 g/mol. The smallest absolute Gasteiger partial charge is 0.262 e. The minimum absolute atomic E-state index is 0.157. The van der Waals surface area contributed by atoms with Gasteiger partial charge in [-0.3, -0.25) is 4.79 Å². The molecule has 4 aromatic carbocycles. The molecule has 0 saturated carbocycles. The van der Waals surface area contributed by atoms with Crippen molar-refractivity contribution in [1.82, 2.24) is 0 Å². The molecule has 0 radical (unpaired) electrons. The van der Waals surface area contributed by atoms with E-state index in [2.05, 4.69) is 40.2 Å². The summed E-state index contributed by atoms with van der Waals surface area (Å²) in [7, 11) is 0. The maximum absolute atomic E-state index is 13.0. The summed E-state index contributed by atoms with van der Waals surface area (Å²) in [6, 6.07) is 23.6. The zero-order valence-corrected chi connectivity index (χ0v) is 18.6. The zero-order valence-electron chi connectivity index (χ0n) is 18.6. The standard InChI is InChI=1S/C27H24FN3O3/c1-2-33-24-15-18(27-30-21-7-3-5-17-6-4-8-22(31-27)26(17)21)9-14-23(24)34-16-25(32)29-20-12-10-19(28)11-13-20/h3-15,27,30-31H,2,16H2,1H3,(H,29,32). The van der Waals surface area contributed by atoms with Crippen molar-refractivity contribution in [3.63, 3.8) is 0 Å². The van der Waals surface area contributed by atoms with Crippen LogP contribution in [0.3, 0.4) is 0 Å². The lowest BCUT2D eigenvalue weighted by molar-refractivity contribution is -0.118. The number of halogens is 1. The number of hydrogen-bond donors (Lipinski definition) is 3. The van der Waals surface area contributed by atoms with Crippen molar-refractivity contribution in [2.75, 3.05) is 29.2 Å². The van der Waals surface area contributed by atoms with Crippen LogP contribution in [0.1, 0.15) is 18.7 Å². The molecule has 0 saturated heterocycles. The summed E-state index contributed by atoms with van der Waals surface area (Å²) in [5.74, 6) is 0.310. The molecule has 5 rings (SSSR count). The molecule has 1 heterocycles. The second-order valence-corrected chi connectivity index (χ2v) is 7.91. The average Bonchev–Trinajstić information content (AvgIpc) is 2.85. The first-order chi connectivity index (χ1) is 16.6. The van der Waals surface area contributed by atoms with E-state index in [9.17, 15) is 9.18 Å². The molecule has 0 unspecified atom stereocenters. The van der Waals surface area contributed by atoms with Crippen molar-refractivity contribution in [1.29, 1.82) is 0 Å². The van der Waals surface area contributed by atoms with Crippen LogP contribution in [0.25, 0.3) is 10.8 Å². The molecule has 1 aliphatic rings. The highest BCUT2D eigenvalue weighted by molar-refractivity contribution is 6.04. The van der Waals surface area contributed by atoms with Crippen LogP contribution in [0.2, 0.25) is 0 Å². The van der Waals surface area contributed by atoms with Gasteiger partial charge in [0.25, 0.3) is 5.91 Å². The second kappa shape index (κ2) is 9.31. The van der Waals surface area contributed by atoms with Gasteiger partial charge < -0.3 is 25.4 Å². The Morgan fingerprint density at radius 3 is 2.29 bits per heavy atom. The number of nitrogens with one attached hydrogen (secondary N) is 3. The van der Waals surface area contributed by atoms with Gasteiger partial charge >= 0.3 is 0 Å². The molecule has 0 bridgehead atoms. The van der Waals surface area contributed by atoms with Gasteiger partial charge in [0.1, 0.15) is 12.0 Å². The van der Waals surface area contributed by atoms with E-state index in [4.69, 9.17) is 9.47 Å². The first kappa shape index (κ1) is 21.6. The van der Waals surface area contributed by atoms with Crippen LogP contribution in [-0.2, 0) is 4.79 Å². The van der Waals surface area contributed by atoms with Crippen molar-refractivity contribution >= 4 is 33.7 Å². The van der Waals surface area contributed by atoms with Crippen LogP contribution >= 0.6 is 0 Å². The molecule has 0 atom stereocenters. The van der Waals surface area contributed by atoms with Gasteiger partial charge in [0.05, 0.1) is 6.61 Å². The summed E-state index contributed by atoms with van der Waals surface area (Å²) in [4.78, 5) is 12.3. The predicted octanol–water partition coefficient (Wildman–Crippen LogP) is 5.93. The average molecular weight is 458 g/mol. The number of ether oxygens (including phenoxy) is 2. The highest BCUT2D eigenvalue weighted by atomic mass is 19.1. The second-order valence-electron chi connectivity index (χ2n) is 7.91. The Kier molecular flexibility index (Phi) is 5.91. The Balaban J connectivity index is 1.31. The number of carbonyl (C=O) groups excluding carboxylic acids is 1. The molecule has 7 heteroatoms. The third kappa shape index (κ3) is 4.45. The van der Waals surface area contributed by atoms with Crippen LogP contribution in [0, 0.1) is 5.82 Å². The van der Waals surface area contributed by atoms with Crippen molar-refractivity contribution < 1.29 is 18.7 Å². The SMILES string of the molecule is CCOc1cc(C2Nc3cccc4cccc(c34)N2)ccc1OCC(=O)Nc1ccc(F)cc1. The first-order valence-electron chi connectivity index (χ1n) is 11.1.